The summed E-state index contributed by atoms with van der Waals surface area (Å²) < 4.78 is 0. The van der Waals surface area contributed by atoms with Crippen LogP contribution in [0.4, 0.5) is 0 Å². The molecule has 134 valence electrons. The molecule has 0 aliphatic heterocycles. The van der Waals surface area contributed by atoms with Crippen LogP contribution in [-0.4, -0.2) is 11.7 Å². The monoisotopic (exact) mass is 483 g/mol. The third-order valence-corrected chi connectivity index (χ3v) is 7.27. The lowest BCUT2D eigenvalue weighted by molar-refractivity contribution is 0.0517. The van der Waals surface area contributed by atoms with Gasteiger partial charge in [-0.15, -0.1) is 0 Å². The van der Waals surface area contributed by atoms with Crippen molar-refractivity contribution in [3.63, 3.8) is 0 Å². The number of alkyl halides is 2. The minimum atomic E-state index is -0.479. The summed E-state index contributed by atoms with van der Waals surface area (Å²) in [5.41, 5.74) is 5.17. The van der Waals surface area contributed by atoms with E-state index in [4.69, 9.17) is 4.84 Å². The van der Waals surface area contributed by atoms with Gasteiger partial charge < -0.3 is 4.84 Å². The molecule has 1 aliphatic rings. The minimum Gasteiger partial charge on any atom is -0.312 e. The van der Waals surface area contributed by atoms with Gasteiger partial charge in [0.25, 0.3) is 0 Å². The topological polar surface area (TPSA) is 38.7 Å². The van der Waals surface area contributed by atoms with Gasteiger partial charge in [-0.05, 0) is 23.3 Å². The van der Waals surface area contributed by atoms with Crippen molar-refractivity contribution < 1.29 is 9.63 Å². The number of benzene rings is 3. The van der Waals surface area contributed by atoms with Crippen molar-refractivity contribution >= 4 is 43.5 Å². The van der Waals surface area contributed by atoms with Crippen LogP contribution in [0, 0.1) is 0 Å². The summed E-state index contributed by atoms with van der Waals surface area (Å²) >= 11 is 7.61. The molecule has 3 nitrogen and oxygen atoms in total. The summed E-state index contributed by atoms with van der Waals surface area (Å²) in [7, 11) is 0. The fourth-order valence-corrected chi connectivity index (χ4v) is 4.55. The largest absolute Gasteiger partial charge is 0.365 e. The average Bonchev–Trinajstić information content (AvgIpc) is 2.82. The summed E-state index contributed by atoms with van der Waals surface area (Å²) in [6.45, 7) is 0. The lowest BCUT2D eigenvalue weighted by Crippen LogP contribution is -2.09. The van der Waals surface area contributed by atoms with Gasteiger partial charge in [0.05, 0.1) is 15.2 Å². The fraction of sp³-hybridized carbons (Fsp3) is 0.0909. The first-order chi connectivity index (χ1) is 13.2. The van der Waals surface area contributed by atoms with Crippen LogP contribution in [0.3, 0.4) is 0 Å². The van der Waals surface area contributed by atoms with Crippen LogP contribution >= 0.6 is 31.9 Å². The lowest BCUT2D eigenvalue weighted by Gasteiger charge is -2.16. The standard InChI is InChI=1S/C22H15Br2NO2/c23-19-15-10-4-6-12-17(15)21(18-13-7-5-11-16(18)20(19)24)25-27-22(26)14-8-2-1-3-9-14/h1-13,19-20H/t19-,20?/m0/s1. The number of carbonyl (C=O) groups excluding carboxylic acids is 1. The van der Waals surface area contributed by atoms with Gasteiger partial charge in [0.15, 0.2) is 0 Å². The molecule has 0 aromatic heterocycles. The summed E-state index contributed by atoms with van der Waals surface area (Å²) in [5.74, 6) is -0.479. The summed E-state index contributed by atoms with van der Waals surface area (Å²) in [5, 5.41) is 4.30. The van der Waals surface area contributed by atoms with Crippen LogP contribution < -0.4 is 0 Å². The van der Waals surface area contributed by atoms with Gasteiger partial charge in [0, 0.05) is 11.1 Å². The Labute approximate surface area is 174 Å². The molecule has 0 saturated heterocycles. The van der Waals surface area contributed by atoms with Crippen LogP contribution in [0.25, 0.3) is 0 Å². The predicted octanol–water partition coefficient (Wildman–Crippen LogP) is 6.18. The number of nitrogens with zero attached hydrogens (tertiary/aromatic N) is 1. The summed E-state index contributed by atoms with van der Waals surface area (Å²) in [4.78, 5) is 17.8. The second-order valence-electron chi connectivity index (χ2n) is 6.16. The van der Waals surface area contributed by atoms with Crippen LogP contribution in [-0.2, 0) is 4.84 Å². The smallest absolute Gasteiger partial charge is 0.312 e. The van der Waals surface area contributed by atoms with Crippen LogP contribution in [0.5, 0.6) is 0 Å². The van der Waals surface area contributed by atoms with E-state index in [0.717, 1.165) is 22.3 Å². The molecule has 0 heterocycles. The minimum absolute atomic E-state index is 0.0624. The van der Waals surface area contributed by atoms with Gasteiger partial charge in [-0.1, -0.05) is 104 Å². The van der Waals surface area contributed by atoms with E-state index in [-0.39, 0.29) is 9.65 Å². The quantitative estimate of drug-likeness (QED) is 0.247. The molecule has 0 saturated carbocycles. The second kappa shape index (κ2) is 7.79. The highest BCUT2D eigenvalue weighted by Gasteiger charge is 2.31. The van der Waals surface area contributed by atoms with E-state index in [1.54, 1.807) is 24.3 Å². The third kappa shape index (κ3) is 3.49. The maximum atomic E-state index is 12.4. The van der Waals surface area contributed by atoms with E-state index in [1.165, 1.54) is 0 Å². The van der Waals surface area contributed by atoms with Gasteiger partial charge in [0.2, 0.25) is 0 Å². The molecule has 0 fully saturated rings. The molecule has 27 heavy (non-hydrogen) atoms. The van der Waals surface area contributed by atoms with Gasteiger partial charge >= 0.3 is 5.97 Å². The molecule has 4 rings (SSSR count). The van der Waals surface area contributed by atoms with Crippen molar-refractivity contribution in [2.75, 3.05) is 0 Å². The maximum Gasteiger partial charge on any atom is 0.365 e. The highest BCUT2D eigenvalue weighted by Crippen LogP contribution is 2.47. The zero-order chi connectivity index (χ0) is 18.8. The van der Waals surface area contributed by atoms with Gasteiger partial charge in [-0.2, -0.15) is 0 Å². The highest BCUT2D eigenvalue weighted by atomic mass is 79.9. The molecule has 5 heteroatoms. The van der Waals surface area contributed by atoms with Crippen molar-refractivity contribution in [2.24, 2.45) is 5.16 Å². The van der Waals surface area contributed by atoms with Crippen LogP contribution in [0.2, 0.25) is 0 Å². The Morgan fingerprint density at radius 2 is 1.22 bits per heavy atom. The number of hydrogen-bond acceptors (Lipinski definition) is 3. The first-order valence-corrected chi connectivity index (χ1v) is 10.3. The van der Waals surface area contributed by atoms with Crippen molar-refractivity contribution in [1.82, 2.24) is 0 Å². The summed E-state index contributed by atoms with van der Waals surface area (Å²) in [6.07, 6.45) is 0. The number of oxime groups is 1. The number of halogens is 2. The number of hydrogen-bond donors (Lipinski definition) is 0. The molecule has 0 amide bonds. The Morgan fingerprint density at radius 1 is 0.741 bits per heavy atom. The first kappa shape index (κ1) is 18.1. The van der Waals surface area contributed by atoms with Gasteiger partial charge in [-0.3, -0.25) is 0 Å². The Kier molecular flexibility index (Phi) is 5.23. The molecule has 1 unspecified atom stereocenters. The zero-order valence-corrected chi connectivity index (χ0v) is 17.4. The lowest BCUT2D eigenvalue weighted by atomic mass is 9.98. The normalized spacial score (nSPS) is 19.7. The van der Waals surface area contributed by atoms with E-state index >= 15 is 0 Å². The molecule has 1 aliphatic carbocycles. The number of rotatable bonds is 2. The predicted molar refractivity (Wildman–Crippen MR) is 114 cm³/mol. The van der Waals surface area contributed by atoms with Crippen molar-refractivity contribution in [3.8, 4) is 0 Å². The highest BCUT2D eigenvalue weighted by molar-refractivity contribution is 9.12. The molecular formula is C22H15Br2NO2. The second-order valence-corrected chi connectivity index (χ2v) is 8.14. The Hall–Kier alpha value is -2.24. The molecule has 3 aromatic rings. The van der Waals surface area contributed by atoms with E-state index in [0.29, 0.717) is 11.3 Å². The molecule has 3 aromatic carbocycles. The van der Waals surface area contributed by atoms with Crippen molar-refractivity contribution in [3.05, 3.63) is 107 Å². The third-order valence-electron chi connectivity index (χ3n) is 4.51. The molecule has 0 spiro atoms. The van der Waals surface area contributed by atoms with E-state index in [1.807, 2.05) is 42.5 Å². The molecular weight excluding hydrogens is 470 g/mol. The van der Waals surface area contributed by atoms with Crippen molar-refractivity contribution in [1.29, 1.82) is 0 Å². The summed E-state index contributed by atoms with van der Waals surface area (Å²) in [6, 6.07) is 24.9. The Balaban J connectivity index is 1.83. The van der Waals surface area contributed by atoms with E-state index < -0.39 is 5.97 Å². The Bertz CT molecular complexity index is 964. The van der Waals surface area contributed by atoms with Crippen molar-refractivity contribution in [2.45, 2.75) is 9.65 Å². The molecule has 0 N–H and O–H groups in total. The van der Waals surface area contributed by atoms with Crippen LogP contribution in [0.1, 0.15) is 42.3 Å². The van der Waals surface area contributed by atoms with Crippen LogP contribution in [0.15, 0.2) is 84.0 Å². The molecule has 0 bridgehead atoms. The zero-order valence-electron chi connectivity index (χ0n) is 14.2. The van der Waals surface area contributed by atoms with E-state index in [9.17, 15) is 4.79 Å². The Morgan fingerprint density at radius 3 is 1.78 bits per heavy atom. The number of carbonyl (C=O) groups is 1. The first-order valence-electron chi connectivity index (χ1n) is 8.48. The van der Waals surface area contributed by atoms with Gasteiger partial charge in [0.1, 0.15) is 5.71 Å². The SMILES string of the molecule is O=C(ON=C1c2ccccc2C(Br)[C@@H](Br)c2ccccc21)c1ccccc1. The average molecular weight is 485 g/mol. The fourth-order valence-electron chi connectivity index (χ4n) is 3.18. The van der Waals surface area contributed by atoms with E-state index in [2.05, 4.69) is 49.1 Å². The maximum absolute atomic E-state index is 12.4. The number of fused-ring (bicyclic) bond motifs is 2. The van der Waals surface area contributed by atoms with Gasteiger partial charge in [-0.25, -0.2) is 4.79 Å². The molecule has 0 radical (unpaired) electrons. The molecule has 2 atom stereocenters.